The van der Waals surface area contributed by atoms with Gasteiger partial charge in [-0.25, -0.2) is 0 Å². The first-order valence-electron chi connectivity index (χ1n) is 6.92. The Balaban J connectivity index is 2.08. The van der Waals surface area contributed by atoms with Crippen molar-refractivity contribution >= 4 is 5.69 Å². The highest BCUT2D eigenvalue weighted by atomic mass is 16.5. The molecule has 21 heavy (non-hydrogen) atoms. The summed E-state index contributed by atoms with van der Waals surface area (Å²) in [5.41, 5.74) is 3.37. The summed E-state index contributed by atoms with van der Waals surface area (Å²) in [6.07, 6.45) is 0. The fraction of sp³-hybridized carbons (Fsp3) is 0.294. The number of anilines is 1. The molecular formula is C17H22N2O2. The van der Waals surface area contributed by atoms with E-state index in [1.807, 2.05) is 18.2 Å². The van der Waals surface area contributed by atoms with Crippen LogP contribution in [0.15, 0.2) is 42.5 Å². The molecule has 2 aromatic carbocycles. The molecule has 4 nitrogen and oxygen atoms in total. The van der Waals surface area contributed by atoms with Crippen LogP contribution in [-0.2, 0) is 13.1 Å². The van der Waals surface area contributed by atoms with Gasteiger partial charge in [0.1, 0.15) is 0 Å². The molecule has 112 valence electrons. The van der Waals surface area contributed by atoms with E-state index in [0.29, 0.717) is 12.3 Å². The van der Waals surface area contributed by atoms with Gasteiger partial charge in [-0.05, 0) is 43.4 Å². The summed E-state index contributed by atoms with van der Waals surface area (Å²) in [7, 11) is 5.65. The Hall–Kier alpha value is -2.20. The zero-order chi connectivity index (χ0) is 15.2. The Bertz CT molecular complexity index is 597. The van der Waals surface area contributed by atoms with E-state index in [1.54, 1.807) is 19.2 Å². The van der Waals surface area contributed by atoms with Crippen LogP contribution in [0.3, 0.4) is 0 Å². The number of hydrogen-bond donors (Lipinski definition) is 2. The van der Waals surface area contributed by atoms with E-state index in [0.717, 1.165) is 17.8 Å². The predicted octanol–water partition coefficient (Wildman–Crippen LogP) is 3.07. The van der Waals surface area contributed by atoms with Crippen molar-refractivity contribution in [2.45, 2.75) is 13.1 Å². The van der Waals surface area contributed by atoms with Crippen molar-refractivity contribution in [2.75, 3.05) is 26.5 Å². The summed E-state index contributed by atoms with van der Waals surface area (Å²) >= 11 is 0. The number of methoxy groups -OCH3 is 1. The largest absolute Gasteiger partial charge is 0.504 e. The van der Waals surface area contributed by atoms with E-state index in [9.17, 15) is 5.11 Å². The SMILES string of the molecule is COc1ccc(CNc2ccccc2CN(C)C)cc1O. The smallest absolute Gasteiger partial charge is 0.160 e. The average molecular weight is 286 g/mol. The van der Waals surface area contributed by atoms with Gasteiger partial charge in [0.05, 0.1) is 7.11 Å². The van der Waals surface area contributed by atoms with E-state index in [2.05, 4.69) is 36.4 Å². The molecule has 0 bridgehead atoms. The first-order chi connectivity index (χ1) is 10.1. The van der Waals surface area contributed by atoms with Gasteiger partial charge in [0, 0.05) is 18.8 Å². The lowest BCUT2D eigenvalue weighted by atomic mass is 10.1. The van der Waals surface area contributed by atoms with Gasteiger partial charge in [0.15, 0.2) is 11.5 Å². The molecule has 0 radical (unpaired) electrons. The van der Waals surface area contributed by atoms with Crippen molar-refractivity contribution in [1.29, 1.82) is 0 Å². The van der Waals surface area contributed by atoms with Gasteiger partial charge in [-0.15, -0.1) is 0 Å². The third-order valence-electron chi connectivity index (χ3n) is 3.23. The lowest BCUT2D eigenvalue weighted by Crippen LogP contribution is -2.12. The molecule has 0 aliphatic rings. The van der Waals surface area contributed by atoms with Gasteiger partial charge in [-0.1, -0.05) is 24.3 Å². The molecule has 0 aliphatic heterocycles. The molecule has 2 rings (SSSR count). The van der Waals surface area contributed by atoms with Crippen molar-refractivity contribution in [3.63, 3.8) is 0 Å². The Morgan fingerprint density at radius 1 is 1.14 bits per heavy atom. The van der Waals surface area contributed by atoms with Crippen LogP contribution in [0.5, 0.6) is 11.5 Å². The molecule has 0 unspecified atom stereocenters. The topological polar surface area (TPSA) is 44.7 Å². The van der Waals surface area contributed by atoms with Crippen LogP contribution in [0.25, 0.3) is 0 Å². The number of nitrogens with one attached hydrogen (secondary N) is 1. The van der Waals surface area contributed by atoms with Crippen LogP contribution in [0.2, 0.25) is 0 Å². The van der Waals surface area contributed by atoms with Gasteiger partial charge < -0.3 is 20.1 Å². The molecule has 0 heterocycles. The molecule has 0 atom stereocenters. The number of phenolic OH excluding ortho intramolecular Hbond substituents is 1. The number of rotatable bonds is 6. The van der Waals surface area contributed by atoms with Crippen LogP contribution in [0.1, 0.15) is 11.1 Å². The van der Waals surface area contributed by atoms with Gasteiger partial charge in [-0.2, -0.15) is 0 Å². The maximum absolute atomic E-state index is 9.80. The minimum absolute atomic E-state index is 0.165. The molecule has 0 amide bonds. The maximum atomic E-state index is 9.80. The predicted molar refractivity (Wildman–Crippen MR) is 85.8 cm³/mol. The summed E-state index contributed by atoms with van der Waals surface area (Å²) in [6.45, 7) is 1.54. The van der Waals surface area contributed by atoms with Crippen LogP contribution >= 0.6 is 0 Å². The van der Waals surface area contributed by atoms with Crippen molar-refractivity contribution in [3.05, 3.63) is 53.6 Å². The van der Waals surface area contributed by atoms with Crippen LogP contribution in [0.4, 0.5) is 5.69 Å². The van der Waals surface area contributed by atoms with E-state index < -0.39 is 0 Å². The van der Waals surface area contributed by atoms with Crippen LogP contribution in [0, 0.1) is 0 Å². The number of nitrogens with zero attached hydrogens (tertiary/aromatic N) is 1. The molecule has 0 spiro atoms. The normalized spacial score (nSPS) is 10.7. The number of hydrogen-bond acceptors (Lipinski definition) is 4. The van der Waals surface area contributed by atoms with Crippen LogP contribution < -0.4 is 10.1 Å². The Morgan fingerprint density at radius 2 is 1.90 bits per heavy atom. The summed E-state index contributed by atoms with van der Waals surface area (Å²) in [4.78, 5) is 2.14. The monoisotopic (exact) mass is 286 g/mol. The number of ether oxygens (including phenoxy) is 1. The molecule has 4 heteroatoms. The number of para-hydroxylation sites is 1. The fourth-order valence-corrected chi connectivity index (χ4v) is 2.21. The second kappa shape index (κ2) is 6.99. The molecule has 0 saturated heterocycles. The third kappa shape index (κ3) is 4.13. The minimum atomic E-state index is 0.165. The van der Waals surface area contributed by atoms with Gasteiger partial charge in [0.25, 0.3) is 0 Å². The van der Waals surface area contributed by atoms with Gasteiger partial charge >= 0.3 is 0 Å². The highest BCUT2D eigenvalue weighted by Crippen LogP contribution is 2.26. The van der Waals surface area contributed by atoms with Gasteiger partial charge in [-0.3, -0.25) is 0 Å². The van der Waals surface area contributed by atoms with Crippen molar-refractivity contribution in [3.8, 4) is 11.5 Å². The zero-order valence-electron chi connectivity index (χ0n) is 12.8. The van der Waals surface area contributed by atoms with Gasteiger partial charge in [0.2, 0.25) is 0 Å². The van der Waals surface area contributed by atoms with Crippen molar-refractivity contribution in [2.24, 2.45) is 0 Å². The highest BCUT2D eigenvalue weighted by molar-refractivity contribution is 5.52. The quantitative estimate of drug-likeness (QED) is 0.856. The molecule has 2 aromatic rings. The Kier molecular flexibility index (Phi) is 5.06. The molecular weight excluding hydrogens is 264 g/mol. The summed E-state index contributed by atoms with van der Waals surface area (Å²) in [6, 6.07) is 13.7. The van der Waals surface area contributed by atoms with E-state index in [1.165, 1.54) is 5.56 Å². The van der Waals surface area contributed by atoms with Crippen LogP contribution in [-0.4, -0.2) is 31.2 Å². The molecule has 2 N–H and O–H groups in total. The maximum Gasteiger partial charge on any atom is 0.160 e. The fourth-order valence-electron chi connectivity index (χ4n) is 2.21. The standard InChI is InChI=1S/C17H22N2O2/c1-19(2)12-14-6-4-5-7-15(14)18-11-13-8-9-17(21-3)16(20)10-13/h4-10,18,20H,11-12H2,1-3H3. The van der Waals surface area contributed by atoms with Crippen molar-refractivity contribution < 1.29 is 9.84 Å². The van der Waals surface area contributed by atoms with E-state index in [4.69, 9.17) is 4.74 Å². The summed E-state index contributed by atoms with van der Waals surface area (Å²) < 4.78 is 5.05. The number of phenols is 1. The Morgan fingerprint density at radius 3 is 2.57 bits per heavy atom. The lowest BCUT2D eigenvalue weighted by molar-refractivity contribution is 0.373. The highest BCUT2D eigenvalue weighted by Gasteiger charge is 2.05. The first-order valence-corrected chi connectivity index (χ1v) is 6.92. The van der Waals surface area contributed by atoms with E-state index >= 15 is 0 Å². The minimum Gasteiger partial charge on any atom is -0.504 e. The average Bonchev–Trinajstić information content (AvgIpc) is 2.46. The molecule has 0 aliphatic carbocycles. The van der Waals surface area contributed by atoms with Crippen molar-refractivity contribution in [1.82, 2.24) is 4.90 Å². The summed E-state index contributed by atoms with van der Waals surface area (Å²) in [5, 5.41) is 13.2. The molecule has 0 aromatic heterocycles. The Labute approximate surface area is 126 Å². The molecule has 0 saturated carbocycles. The second-order valence-corrected chi connectivity index (χ2v) is 5.25. The summed E-state index contributed by atoms with van der Waals surface area (Å²) in [5.74, 6) is 0.658. The number of benzene rings is 2. The third-order valence-corrected chi connectivity index (χ3v) is 3.23. The molecule has 0 fully saturated rings. The number of aromatic hydroxyl groups is 1. The lowest BCUT2D eigenvalue weighted by Gasteiger charge is -2.16. The second-order valence-electron chi connectivity index (χ2n) is 5.25. The first kappa shape index (κ1) is 15.2. The zero-order valence-corrected chi connectivity index (χ0v) is 12.8. The van der Waals surface area contributed by atoms with E-state index in [-0.39, 0.29) is 5.75 Å².